The molecule has 3 heteroatoms. The van der Waals surface area contributed by atoms with E-state index in [1.54, 1.807) is 0 Å². The van der Waals surface area contributed by atoms with Gasteiger partial charge in [-0.2, -0.15) is 0 Å². The smallest absolute Gasteiger partial charge is 0.255 e. The first-order valence-corrected chi connectivity index (χ1v) is 9.50. The number of aryl methyl sites for hydroxylation is 1. The minimum absolute atomic E-state index is 0.134. The van der Waals surface area contributed by atoms with E-state index < -0.39 is 0 Å². The van der Waals surface area contributed by atoms with E-state index in [0.717, 1.165) is 39.9 Å². The highest BCUT2D eigenvalue weighted by Gasteiger charge is 2.37. The second-order valence-corrected chi connectivity index (χ2v) is 8.11. The number of fused-ring (bicyclic) bond motifs is 1. The van der Waals surface area contributed by atoms with Crippen molar-refractivity contribution in [3.8, 4) is 11.1 Å². The SMILES string of the molecule is Cc1ccc(C(=O)Nc2ccccc2)cc1-c1ccc2c(c1)CC(C)(C)C2=O. The summed E-state index contributed by atoms with van der Waals surface area (Å²) in [5.41, 5.74) is 6.11. The van der Waals surface area contributed by atoms with Crippen LogP contribution in [0.25, 0.3) is 11.1 Å². The van der Waals surface area contributed by atoms with Gasteiger partial charge in [-0.25, -0.2) is 0 Å². The number of para-hydroxylation sites is 1. The van der Waals surface area contributed by atoms with Crippen LogP contribution in [0.1, 0.15) is 45.7 Å². The largest absolute Gasteiger partial charge is 0.322 e. The molecular weight excluding hydrogens is 346 g/mol. The number of carbonyl (C=O) groups excluding carboxylic acids is 2. The minimum Gasteiger partial charge on any atom is -0.322 e. The number of hydrogen-bond acceptors (Lipinski definition) is 2. The molecule has 0 saturated carbocycles. The predicted octanol–water partition coefficient (Wildman–Crippen LogP) is 5.68. The Hall–Kier alpha value is -3.20. The molecule has 0 bridgehead atoms. The molecule has 0 aromatic heterocycles. The third-order valence-corrected chi connectivity index (χ3v) is 5.44. The summed E-state index contributed by atoms with van der Waals surface area (Å²) in [6.07, 6.45) is 0.752. The zero-order valence-corrected chi connectivity index (χ0v) is 16.4. The number of rotatable bonds is 3. The van der Waals surface area contributed by atoms with Crippen LogP contribution < -0.4 is 5.32 Å². The molecule has 3 aromatic carbocycles. The second kappa shape index (κ2) is 6.75. The van der Waals surface area contributed by atoms with Crippen molar-refractivity contribution in [1.29, 1.82) is 0 Å². The minimum atomic E-state index is -0.340. The molecule has 0 fully saturated rings. The fourth-order valence-electron chi connectivity index (χ4n) is 3.85. The summed E-state index contributed by atoms with van der Waals surface area (Å²) >= 11 is 0. The summed E-state index contributed by atoms with van der Waals surface area (Å²) in [5, 5.41) is 2.93. The van der Waals surface area contributed by atoms with E-state index in [1.807, 2.05) is 81.4 Å². The normalized spacial score (nSPS) is 14.6. The van der Waals surface area contributed by atoms with Crippen molar-refractivity contribution in [1.82, 2.24) is 0 Å². The third-order valence-electron chi connectivity index (χ3n) is 5.44. The first-order chi connectivity index (χ1) is 13.3. The standard InChI is InChI=1S/C25H23NO2/c1-16-9-10-18(24(28)26-20-7-5-4-6-8-20)14-22(16)17-11-12-21-19(13-17)15-25(2,3)23(21)27/h4-14H,15H2,1-3H3,(H,26,28). The second-order valence-electron chi connectivity index (χ2n) is 8.11. The zero-order valence-electron chi connectivity index (χ0n) is 16.4. The van der Waals surface area contributed by atoms with Gasteiger partial charge in [0.25, 0.3) is 5.91 Å². The van der Waals surface area contributed by atoms with Crippen molar-refractivity contribution in [2.45, 2.75) is 27.2 Å². The Balaban J connectivity index is 1.67. The van der Waals surface area contributed by atoms with Gasteiger partial charge >= 0.3 is 0 Å². The number of hydrogen-bond donors (Lipinski definition) is 1. The molecule has 1 aliphatic carbocycles. The highest BCUT2D eigenvalue weighted by Crippen LogP contribution is 2.38. The number of benzene rings is 3. The Labute approximate surface area is 165 Å². The molecular formula is C25H23NO2. The first kappa shape index (κ1) is 18.2. The van der Waals surface area contributed by atoms with Crippen molar-refractivity contribution >= 4 is 17.4 Å². The van der Waals surface area contributed by atoms with Crippen LogP contribution in [-0.2, 0) is 6.42 Å². The molecule has 28 heavy (non-hydrogen) atoms. The molecule has 1 amide bonds. The summed E-state index contributed by atoms with van der Waals surface area (Å²) in [6.45, 7) is 6.03. The monoisotopic (exact) mass is 369 g/mol. The van der Waals surface area contributed by atoms with Crippen LogP contribution in [-0.4, -0.2) is 11.7 Å². The lowest BCUT2D eigenvalue weighted by Gasteiger charge is -2.13. The average Bonchev–Trinajstić information content (AvgIpc) is 2.91. The Morgan fingerprint density at radius 2 is 1.68 bits per heavy atom. The van der Waals surface area contributed by atoms with Gasteiger partial charge in [-0.05, 0) is 59.9 Å². The molecule has 0 unspecified atom stereocenters. The highest BCUT2D eigenvalue weighted by atomic mass is 16.1. The molecule has 140 valence electrons. The number of amides is 1. The number of ketones is 1. The van der Waals surface area contributed by atoms with E-state index in [-0.39, 0.29) is 17.1 Å². The van der Waals surface area contributed by atoms with Gasteiger partial charge in [0.1, 0.15) is 0 Å². The van der Waals surface area contributed by atoms with Gasteiger partial charge in [0, 0.05) is 22.2 Å². The molecule has 3 aromatic rings. The summed E-state index contributed by atoms with van der Waals surface area (Å²) in [6, 6.07) is 21.2. The summed E-state index contributed by atoms with van der Waals surface area (Å²) in [4.78, 5) is 25.2. The summed E-state index contributed by atoms with van der Waals surface area (Å²) in [5.74, 6) is 0.0756. The Kier molecular flexibility index (Phi) is 4.38. The van der Waals surface area contributed by atoms with E-state index in [9.17, 15) is 9.59 Å². The fraction of sp³-hybridized carbons (Fsp3) is 0.200. The highest BCUT2D eigenvalue weighted by molar-refractivity contribution is 6.06. The number of Topliss-reactive ketones (excluding diaryl/α,β-unsaturated/α-hetero) is 1. The van der Waals surface area contributed by atoms with Gasteiger partial charge in [0.15, 0.2) is 5.78 Å². The average molecular weight is 369 g/mol. The maximum absolute atomic E-state index is 12.7. The molecule has 0 spiro atoms. The third kappa shape index (κ3) is 3.24. The van der Waals surface area contributed by atoms with Gasteiger partial charge in [-0.15, -0.1) is 0 Å². The van der Waals surface area contributed by atoms with Crippen molar-refractivity contribution in [2.24, 2.45) is 5.41 Å². The molecule has 0 radical (unpaired) electrons. The Morgan fingerprint density at radius 3 is 2.43 bits per heavy atom. The van der Waals surface area contributed by atoms with Gasteiger partial charge in [-0.3, -0.25) is 9.59 Å². The summed E-state index contributed by atoms with van der Waals surface area (Å²) < 4.78 is 0. The van der Waals surface area contributed by atoms with E-state index in [0.29, 0.717) is 5.56 Å². The molecule has 3 nitrogen and oxygen atoms in total. The number of anilines is 1. The molecule has 0 heterocycles. The number of carbonyl (C=O) groups is 2. The number of nitrogens with one attached hydrogen (secondary N) is 1. The van der Waals surface area contributed by atoms with Gasteiger partial charge in [0.05, 0.1) is 0 Å². The predicted molar refractivity (Wildman–Crippen MR) is 113 cm³/mol. The quantitative estimate of drug-likeness (QED) is 0.646. The van der Waals surface area contributed by atoms with Crippen LogP contribution >= 0.6 is 0 Å². The van der Waals surface area contributed by atoms with Crippen LogP contribution in [0, 0.1) is 12.3 Å². The Morgan fingerprint density at radius 1 is 0.929 bits per heavy atom. The van der Waals surface area contributed by atoms with Crippen LogP contribution in [0.4, 0.5) is 5.69 Å². The van der Waals surface area contributed by atoms with Crippen molar-refractivity contribution in [3.05, 3.63) is 89.0 Å². The van der Waals surface area contributed by atoms with Gasteiger partial charge < -0.3 is 5.32 Å². The van der Waals surface area contributed by atoms with Crippen LogP contribution in [0.15, 0.2) is 66.7 Å². The van der Waals surface area contributed by atoms with Crippen molar-refractivity contribution in [2.75, 3.05) is 5.32 Å². The van der Waals surface area contributed by atoms with Crippen LogP contribution in [0.3, 0.4) is 0 Å². The van der Waals surface area contributed by atoms with Crippen LogP contribution in [0.2, 0.25) is 0 Å². The van der Waals surface area contributed by atoms with E-state index in [1.165, 1.54) is 0 Å². The molecule has 1 aliphatic rings. The molecule has 4 rings (SSSR count). The topological polar surface area (TPSA) is 46.2 Å². The van der Waals surface area contributed by atoms with Crippen molar-refractivity contribution in [3.63, 3.8) is 0 Å². The maximum atomic E-state index is 12.7. The lowest BCUT2D eigenvalue weighted by molar-refractivity contribution is 0.0863. The van der Waals surface area contributed by atoms with Gasteiger partial charge in [-0.1, -0.05) is 56.3 Å². The van der Waals surface area contributed by atoms with E-state index >= 15 is 0 Å². The Bertz CT molecular complexity index is 1080. The molecule has 0 aliphatic heterocycles. The maximum Gasteiger partial charge on any atom is 0.255 e. The molecule has 0 atom stereocenters. The lowest BCUT2D eigenvalue weighted by atomic mass is 9.89. The van der Waals surface area contributed by atoms with E-state index in [4.69, 9.17) is 0 Å². The van der Waals surface area contributed by atoms with E-state index in [2.05, 4.69) is 11.4 Å². The van der Waals surface area contributed by atoms with Crippen molar-refractivity contribution < 1.29 is 9.59 Å². The zero-order chi connectivity index (χ0) is 19.9. The first-order valence-electron chi connectivity index (χ1n) is 9.50. The summed E-state index contributed by atoms with van der Waals surface area (Å²) in [7, 11) is 0. The molecule has 0 saturated heterocycles. The molecule has 1 N–H and O–H groups in total. The fourth-order valence-corrected chi connectivity index (χ4v) is 3.85. The van der Waals surface area contributed by atoms with Gasteiger partial charge in [0.2, 0.25) is 0 Å². The van der Waals surface area contributed by atoms with Crippen LogP contribution in [0.5, 0.6) is 0 Å². The lowest BCUT2D eigenvalue weighted by Crippen LogP contribution is -2.18.